The molecule has 1 aromatic rings. The number of phenolic OH excluding ortho intramolecular Hbond substituents is 1. The number of hydrogen-bond acceptors (Lipinski definition) is 3. The van der Waals surface area contributed by atoms with E-state index in [1.165, 1.54) is 7.11 Å². The maximum Gasteiger partial charge on any atom is 0.160 e. The van der Waals surface area contributed by atoms with Crippen molar-refractivity contribution in [3.05, 3.63) is 36.4 Å². The van der Waals surface area contributed by atoms with E-state index in [2.05, 4.69) is 11.9 Å². The Balaban J connectivity index is 2.64. The molecule has 0 amide bonds. The van der Waals surface area contributed by atoms with Crippen molar-refractivity contribution in [2.45, 2.75) is 6.54 Å². The first-order chi connectivity index (χ1) is 6.77. The molecule has 3 heteroatoms. The van der Waals surface area contributed by atoms with E-state index in [1.807, 2.05) is 12.1 Å². The lowest BCUT2D eigenvalue weighted by molar-refractivity contribution is 0.373. The van der Waals surface area contributed by atoms with Gasteiger partial charge in [0.05, 0.1) is 7.11 Å². The number of methoxy groups -OCH3 is 1. The van der Waals surface area contributed by atoms with E-state index >= 15 is 0 Å². The number of aromatic hydroxyl groups is 1. The Morgan fingerprint density at radius 2 is 2.36 bits per heavy atom. The molecule has 1 rings (SSSR count). The molecule has 1 aromatic carbocycles. The minimum absolute atomic E-state index is 0.167. The van der Waals surface area contributed by atoms with Gasteiger partial charge in [-0.3, -0.25) is 0 Å². The van der Waals surface area contributed by atoms with Crippen LogP contribution in [0.5, 0.6) is 11.5 Å². The first kappa shape index (κ1) is 10.6. The highest BCUT2D eigenvalue weighted by molar-refractivity contribution is 5.41. The minimum atomic E-state index is 0.167. The van der Waals surface area contributed by atoms with Gasteiger partial charge in [-0.1, -0.05) is 12.1 Å². The molecule has 3 nitrogen and oxygen atoms in total. The predicted molar refractivity (Wildman–Crippen MR) is 56.6 cm³/mol. The second kappa shape index (κ2) is 5.29. The summed E-state index contributed by atoms with van der Waals surface area (Å²) < 4.78 is 4.99. The van der Waals surface area contributed by atoms with Crippen molar-refractivity contribution in [2.24, 2.45) is 0 Å². The largest absolute Gasteiger partial charge is 0.504 e. The van der Waals surface area contributed by atoms with Crippen LogP contribution >= 0.6 is 0 Å². The predicted octanol–water partition coefficient (Wildman–Crippen LogP) is 1.68. The quantitative estimate of drug-likeness (QED) is 0.552. The fourth-order valence-corrected chi connectivity index (χ4v) is 1.15. The zero-order chi connectivity index (χ0) is 10.4. The zero-order valence-corrected chi connectivity index (χ0v) is 8.29. The van der Waals surface area contributed by atoms with Gasteiger partial charge in [-0.25, -0.2) is 0 Å². The molecule has 0 aliphatic rings. The van der Waals surface area contributed by atoms with Gasteiger partial charge >= 0.3 is 0 Å². The molecular weight excluding hydrogens is 178 g/mol. The number of nitrogens with one attached hydrogen (secondary N) is 1. The summed E-state index contributed by atoms with van der Waals surface area (Å²) in [5.74, 6) is 0.669. The summed E-state index contributed by atoms with van der Waals surface area (Å²) in [5, 5.41) is 12.5. The Bertz CT molecular complexity index is 310. The molecule has 0 heterocycles. The van der Waals surface area contributed by atoms with Crippen molar-refractivity contribution in [3.63, 3.8) is 0 Å². The summed E-state index contributed by atoms with van der Waals surface area (Å²) >= 11 is 0. The molecule has 0 spiro atoms. The van der Waals surface area contributed by atoms with Crippen molar-refractivity contribution < 1.29 is 9.84 Å². The summed E-state index contributed by atoms with van der Waals surface area (Å²) in [6.07, 6.45) is 1.80. The fourth-order valence-electron chi connectivity index (χ4n) is 1.15. The summed E-state index contributed by atoms with van der Waals surface area (Å²) in [4.78, 5) is 0. The average molecular weight is 193 g/mol. The third-order valence-corrected chi connectivity index (χ3v) is 1.86. The highest BCUT2D eigenvalue weighted by Crippen LogP contribution is 2.25. The van der Waals surface area contributed by atoms with Gasteiger partial charge in [-0.2, -0.15) is 0 Å². The molecule has 76 valence electrons. The van der Waals surface area contributed by atoms with E-state index in [1.54, 1.807) is 12.1 Å². The van der Waals surface area contributed by atoms with Crippen LogP contribution in [0.1, 0.15) is 5.56 Å². The molecule has 0 aliphatic heterocycles. The van der Waals surface area contributed by atoms with Crippen molar-refractivity contribution in [2.75, 3.05) is 13.7 Å². The smallest absolute Gasteiger partial charge is 0.160 e. The van der Waals surface area contributed by atoms with Crippen molar-refractivity contribution in [1.29, 1.82) is 0 Å². The molecule has 14 heavy (non-hydrogen) atoms. The Morgan fingerprint density at radius 1 is 1.57 bits per heavy atom. The van der Waals surface area contributed by atoms with E-state index in [-0.39, 0.29) is 5.75 Å². The van der Waals surface area contributed by atoms with Gasteiger partial charge in [-0.05, 0) is 17.7 Å². The molecule has 0 saturated heterocycles. The lowest BCUT2D eigenvalue weighted by Crippen LogP contribution is -2.12. The molecule has 0 saturated carbocycles. The van der Waals surface area contributed by atoms with Gasteiger partial charge in [0.2, 0.25) is 0 Å². The van der Waals surface area contributed by atoms with Gasteiger partial charge in [0.1, 0.15) is 0 Å². The third-order valence-electron chi connectivity index (χ3n) is 1.86. The molecule has 0 aromatic heterocycles. The van der Waals surface area contributed by atoms with E-state index in [0.717, 1.165) is 18.7 Å². The number of benzene rings is 1. The Labute approximate surface area is 84.0 Å². The topological polar surface area (TPSA) is 41.5 Å². The Morgan fingerprint density at radius 3 is 3.00 bits per heavy atom. The van der Waals surface area contributed by atoms with Gasteiger partial charge in [0.15, 0.2) is 11.5 Å². The van der Waals surface area contributed by atoms with Gasteiger partial charge in [0, 0.05) is 13.1 Å². The molecule has 0 aliphatic carbocycles. The lowest BCUT2D eigenvalue weighted by atomic mass is 10.2. The maximum atomic E-state index is 9.34. The minimum Gasteiger partial charge on any atom is -0.504 e. The van der Waals surface area contributed by atoms with Crippen LogP contribution < -0.4 is 10.1 Å². The van der Waals surface area contributed by atoms with Crippen LogP contribution in [0.25, 0.3) is 0 Å². The highest BCUT2D eigenvalue weighted by atomic mass is 16.5. The number of hydrogen-bond donors (Lipinski definition) is 2. The molecular formula is C11H15NO2. The third kappa shape index (κ3) is 2.78. The molecule has 0 atom stereocenters. The van der Waals surface area contributed by atoms with Crippen molar-refractivity contribution in [3.8, 4) is 11.5 Å². The molecule has 0 radical (unpaired) electrons. The summed E-state index contributed by atoms with van der Waals surface area (Å²) in [6, 6.07) is 5.29. The molecule has 0 fully saturated rings. The van der Waals surface area contributed by atoms with Gasteiger partial charge in [-0.15, -0.1) is 6.58 Å². The molecule has 2 N–H and O–H groups in total. The van der Waals surface area contributed by atoms with E-state index in [4.69, 9.17) is 4.74 Å². The average Bonchev–Trinajstić information content (AvgIpc) is 2.21. The van der Waals surface area contributed by atoms with Crippen LogP contribution in [0.2, 0.25) is 0 Å². The van der Waals surface area contributed by atoms with Gasteiger partial charge in [0.25, 0.3) is 0 Å². The normalized spacial score (nSPS) is 9.79. The van der Waals surface area contributed by atoms with E-state index in [9.17, 15) is 5.11 Å². The van der Waals surface area contributed by atoms with Crippen LogP contribution in [-0.4, -0.2) is 18.8 Å². The first-order valence-electron chi connectivity index (χ1n) is 4.45. The summed E-state index contributed by atoms with van der Waals surface area (Å²) in [5.41, 5.74) is 1.07. The zero-order valence-electron chi connectivity index (χ0n) is 8.29. The van der Waals surface area contributed by atoms with Crippen LogP contribution in [0.15, 0.2) is 30.9 Å². The molecule has 0 bridgehead atoms. The summed E-state index contributed by atoms with van der Waals surface area (Å²) in [6.45, 7) is 5.12. The van der Waals surface area contributed by atoms with E-state index in [0.29, 0.717) is 5.75 Å². The maximum absolute atomic E-state index is 9.34. The second-order valence-corrected chi connectivity index (χ2v) is 2.93. The fraction of sp³-hybridized carbons (Fsp3) is 0.273. The van der Waals surface area contributed by atoms with Crippen LogP contribution in [-0.2, 0) is 6.54 Å². The highest BCUT2D eigenvalue weighted by Gasteiger charge is 2.01. The van der Waals surface area contributed by atoms with Crippen LogP contribution in [0.3, 0.4) is 0 Å². The SMILES string of the molecule is C=CCNCc1ccc(O)c(OC)c1. The second-order valence-electron chi connectivity index (χ2n) is 2.93. The number of rotatable bonds is 5. The van der Waals surface area contributed by atoms with E-state index < -0.39 is 0 Å². The monoisotopic (exact) mass is 193 g/mol. The van der Waals surface area contributed by atoms with Crippen LogP contribution in [0.4, 0.5) is 0 Å². The van der Waals surface area contributed by atoms with Crippen molar-refractivity contribution >= 4 is 0 Å². The standard InChI is InChI=1S/C11H15NO2/c1-3-6-12-8-9-4-5-10(13)11(7-9)14-2/h3-5,7,12-13H,1,6,8H2,2H3. The lowest BCUT2D eigenvalue weighted by Gasteiger charge is -2.06. The summed E-state index contributed by atoms with van der Waals surface area (Å²) in [7, 11) is 1.54. The first-order valence-corrected chi connectivity index (χ1v) is 4.45. The molecule has 0 unspecified atom stereocenters. The Kier molecular flexibility index (Phi) is 4.01. The number of phenols is 1. The Hall–Kier alpha value is -1.48. The number of ether oxygens (including phenoxy) is 1. The van der Waals surface area contributed by atoms with Crippen molar-refractivity contribution in [1.82, 2.24) is 5.32 Å². The van der Waals surface area contributed by atoms with Gasteiger partial charge < -0.3 is 15.2 Å². The van der Waals surface area contributed by atoms with Crippen LogP contribution in [0, 0.1) is 0 Å².